The van der Waals surface area contributed by atoms with Crippen LogP contribution in [0.5, 0.6) is 11.5 Å². The first-order valence-electron chi connectivity index (χ1n) is 8.68. The molecule has 0 saturated carbocycles. The molecular formula is C21H20FNO3. The Bertz CT molecular complexity index is 898. The van der Waals surface area contributed by atoms with Crippen LogP contribution in [-0.2, 0) is 13.0 Å². The maximum absolute atomic E-state index is 13.0. The van der Waals surface area contributed by atoms with Crippen molar-refractivity contribution in [2.75, 3.05) is 13.3 Å². The first-order chi connectivity index (χ1) is 12.5. The number of halogens is 1. The Kier molecular flexibility index (Phi) is 4.24. The van der Waals surface area contributed by atoms with Gasteiger partial charge in [-0.05, 0) is 55.7 Å². The van der Waals surface area contributed by atoms with E-state index in [2.05, 4.69) is 4.90 Å². The van der Waals surface area contributed by atoms with Gasteiger partial charge in [0.05, 0.1) is 11.1 Å². The molecule has 4 nitrogen and oxygen atoms in total. The molecule has 2 heterocycles. The summed E-state index contributed by atoms with van der Waals surface area (Å²) in [6.07, 6.45) is 0.799. The van der Waals surface area contributed by atoms with Crippen molar-refractivity contribution < 1.29 is 18.7 Å². The molecule has 0 unspecified atom stereocenters. The van der Waals surface area contributed by atoms with E-state index in [1.807, 2.05) is 19.9 Å². The van der Waals surface area contributed by atoms with Crippen molar-refractivity contribution in [3.05, 3.63) is 70.2 Å². The predicted molar refractivity (Wildman–Crippen MR) is 95.8 cm³/mol. The van der Waals surface area contributed by atoms with Crippen molar-refractivity contribution in [1.82, 2.24) is 4.90 Å². The molecule has 0 atom stereocenters. The lowest BCUT2D eigenvalue weighted by Crippen LogP contribution is -2.33. The van der Waals surface area contributed by atoms with Crippen LogP contribution in [0, 0.1) is 5.82 Å². The van der Waals surface area contributed by atoms with Crippen LogP contribution in [-0.4, -0.2) is 24.0 Å². The molecule has 2 aromatic carbocycles. The number of nitrogens with zero attached hydrogens (tertiary/aromatic N) is 1. The minimum Gasteiger partial charge on any atom is -0.478 e. The number of carbonyl (C=O) groups is 1. The smallest absolute Gasteiger partial charge is 0.231 e. The summed E-state index contributed by atoms with van der Waals surface area (Å²) in [5.74, 6) is 1.51. The minimum absolute atomic E-state index is 0.0637. The van der Waals surface area contributed by atoms with Gasteiger partial charge >= 0.3 is 0 Å². The van der Waals surface area contributed by atoms with E-state index in [9.17, 15) is 9.18 Å². The summed E-state index contributed by atoms with van der Waals surface area (Å²) in [6, 6.07) is 10.2. The van der Waals surface area contributed by atoms with Gasteiger partial charge in [0.2, 0.25) is 5.78 Å². The fourth-order valence-electron chi connectivity index (χ4n) is 3.30. The van der Waals surface area contributed by atoms with Gasteiger partial charge in [-0.25, -0.2) is 4.39 Å². The van der Waals surface area contributed by atoms with Gasteiger partial charge in [-0.3, -0.25) is 9.69 Å². The highest BCUT2D eigenvalue weighted by atomic mass is 19.1. The summed E-state index contributed by atoms with van der Waals surface area (Å²) in [7, 11) is 0. The topological polar surface area (TPSA) is 38.8 Å². The number of ketones is 1. The molecule has 0 aliphatic carbocycles. The number of Topliss-reactive ketones (excluding diaryl/α,β-unsaturated/α-hetero) is 1. The molecule has 2 aliphatic heterocycles. The van der Waals surface area contributed by atoms with Gasteiger partial charge in [-0.2, -0.15) is 0 Å². The van der Waals surface area contributed by atoms with Crippen molar-refractivity contribution in [1.29, 1.82) is 0 Å². The monoisotopic (exact) mass is 353 g/mol. The second-order valence-corrected chi connectivity index (χ2v) is 6.88. The Labute approximate surface area is 151 Å². The van der Waals surface area contributed by atoms with Gasteiger partial charge < -0.3 is 9.47 Å². The Hall–Kier alpha value is -2.66. The lowest BCUT2D eigenvalue weighted by molar-refractivity contribution is 0.0949. The highest BCUT2D eigenvalue weighted by molar-refractivity contribution is 6.13. The van der Waals surface area contributed by atoms with Crippen LogP contribution in [0.25, 0.3) is 0 Å². The fourth-order valence-corrected chi connectivity index (χ4v) is 3.30. The number of ether oxygens (including phenoxy) is 2. The molecule has 0 radical (unpaired) electrons. The molecular weight excluding hydrogens is 333 g/mol. The quantitative estimate of drug-likeness (QED) is 0.779. The third-order valence-corrected chi connectivity index (χ3v) is 4.74. The SMILES string of the molecule is CC(C)=C1Oc2c(ccc3c2CN(CCc2ccc(F)cc2)CO3)C1=O. The second-order valence-electron chi connectivity index (χ2n) is 6.88. The fraction of sp³-hybridized carbons (Fsp3) is 0.286. The number of allylic oxidation sites excluding steroid dienone is 2. The van der Waals surface area contributed by atoms with Crippen LogP contribution in [0.15, 0.2) is 47.7 Å². The summed E-state index contributed by atoms with van der Waals surface area (Å²) in [6.45, 7) is 5.66. The van der Waals surface area contributed by atoms with E-state index >= 15 is 0 Å². The number of hydrogen-bond acceptors (Lipinski definition) is 4. The van der Waals surface area contributed by atoms with Gasteiger partial charge in [0.15, 0.2) is 5.76 Å². The van der Waals surface area contributed by atoms with Crippen molar-refractivity contribution in [2.24, 2.45) is 0 Å². The first-order valence-corrected chi connectivity index (χ1v) is 8.68. The van der Waals surface area contributed by atoms with Gasteiger partial charge in [0.25, 0.3) is 0 Å². The normalized spacial score (nSPS) is 16.0. The molecule has 0 bridgehead atoms. The predicted octanol–water partition coefficient (Wildman–Crippen LogP) is 4.09. The second kappa shape index (κ2) is 6.57. The third-order valence-electron chi connectivity index (χ3n) is 4.74. The van der Waals surface area contributed by atoms with E-state index in [1.54, 1.807) is 18.2 Å². The molecule has 0 amide bonds. The van der Waals surface area contributed by atoms with Crippen molar-refractivity contribution in [2.45, 2.75) is 26.8 Å². The molecule has 0 fully saturated rings. The Balaban J connectivity index is 1.53. The van der Waals surface area contributed by atoms with Crippen LogP contribution >= 0.6 is 0 Å². The number of hydrogen-bond donors (Lipinski definition) is 0. The van der Waals surface area contributed by atoms with Crippen LogP contribution in [0.2, 0.25) is 0 Å². The average molecular weight is 353 g/mol. The van der Waals surface area contributed by atoms with E-state index < -0.39 is 0 Å². The summed E-state index contributed by atoms with van der Waals surface area (Å²) in [5.41, 5.74) is 3.46. The summed E-state index contributed by atoms with van der Waals surface area (Å²) >= 11 is 0. The summed E-state index contributed by atoms with van der Waals surface area (Å²) in [5, 5.41) is 0. The zero-order valence-corrected chi connectivity index (χ0v) is 14.8. The van der Waals surface area contributed by atoms with Crippen LogP contribution in [0.1, 0.15) is 35.3 Å². The van der Waals surface area contributed by atoms with Gasteiger partial charge in [0, 0.05) is 13.1 Å². The van der Waals surface area contributed by atoms with E-state index in [0.717, 1.165) is 35.4 Å². The third kappa shape index (κ3) is 2.99. The molecule has 2 aliphatic rings. The zero-order valence-electron chi connectivity index (χ0n) is 14.8. The molecule has 4 rings (SSSR count). The van der Waals surface area contributed by atoms with Gasteiger partial charge in [-0.1, -0.05) is 12.1 Å². The van der Waals surface area contributed by atoms with E-state index in [-0.39, 0.29) is 11.6 Å². The number of carbonyl (C=O) groups excluding carboxylic acids is 1. The van der Waals surface area contributed by atoms with Crippen molar-refractivity contribution in [3.63, 3.8) is 0 Å². The highest BCUT2D eigenvalue weighted by Gasteiger charge is 2.33. The zero-order chi connectivity index (χ0) is 18.3. The van der Waals surface area contributed by atoms with Crippen molar-refractivity contribution in [3.8, 4) is 11.5 Å². The van der Waals surface area contributed by atoms with Crippen molar-refractivity contribution >= 4 is 5.78 Å². The molecule has 5 heteroatoms. The highest BCUT2D eigenvalue weighted by Crippen LogP contribution is 2.42. The summed E-state index contributed by atoms with van der Waals surface area (Å²) < 4.78 is 24.8. The van der Waals surface area contributed by atoms with Gasteiger partial charge in [-0.15, -0.1) is 0 Å². The largest absolute Gasteiger partial charge is 0.478 e. The number of rotatable bonds is 3. The maximum Gasteiger partial charge on any atom is 0.231 e. The number of benzene rings is 2. The molecule has 134 valence electrons. The molecule has 0 N–H and O–H groups in total. The lowest BCUT2D eigenvalue weighted by atomic mass is 10.0. The standard InChI is InChI=1S/C21H20FNO3/c1-13(2)20-19(24)16-7-8-18-17(21(16)26-20)11-23(12-25-18)10-9-14-3-5-15(22)6-4-14/h3-8H,9-12H2,1-2H3. The molecule has 0 aromatic heterocycles. The Morgan fingerprint density at radius 1 is 1.15 bits per heavy atom. The first kappa shape index (κ1) is 16.8. The minimum atomic E-state index is -0.226. The molecule has 26 heavy (non-hydrogen) atoms. The molecule has 0 spiro atoms. The van der Waals surface area contributed by atoms with E-state index in [1.165, 1.54) is 12.1 Å². The Morgan fingerprint density at radius 3 is 2.65 bits per heavy atom. The molecule has 2 aromatic rings. The van der Waals surface area contributed by atoms with Gasteiger partial charge in [0.1, 0.15) is 24.0 Å². The van der Waals surface area contributed by atoms with E-state index in [4.69, 9.17) is 9.47 Å². The molecule has 0 saturated heterocycles. The lowest BCUT2D eigenvalue weighted by Gasteiger charge is -2.29. The van der Waals surface area contributed by atoms with Crippen LogP contribution < -0.4 is 9.47 Å². The van der Waals surface area contributed by atoms with Crippen LogP contribution in [0.3, 0.4) is 0 Å². The van der Waals surface area contributed by atoms with E-state index in [0.29, 0.717) is 30.3 Å². The Morgan fingerprint density at radius 2 is 1.92 bits per heavy atom. The maximum atomic E-state index is 13.0. The number of fused-ring (bicyclic) bond motifs is 3. The average Bonchev–Trinajstić information content (AvgIpc) is 2.98. The summed E-state index contributed by atoms with van der Waals surface area (Å²) in [4.78, 5) is 14.6. The van der Waals surface area contributed by atoms with Crippen LogP contribution in [0.4, 0.5) is 4.39 Å².